The van der Waals surface area contributed by atoms with E-state index in [0.717, 1.165) is 17.5 Å². The van der Waals surface area contributed by atoms with Crippen molar-refractivity contribution in [2.75, 3.05) is 32.1 Å². The molecule has 1 aromatic rings. The molecule has 19 heavy (non-hydrogen) atoms. The quantitative estimate of drug-likeness (QED) is 0.748. The van der Waals surface area contributed by atoms with E-state index in [1.165, 1.54) is 11.8 Å². The third-order valence-electron chi connectivity index (χ3n) is 2.98. The van der Waals surface area contributed by atoms with Crippen LogP contribution in [0.4, 0.5) is 0 Å². The van der Waals surface area contributed by atoms with Gasteiger partial charge in [0.25, 0.3) is 0 Å². The highest BCUT2D eigenvalue weighted by atomic mass is 32.2. The normalized spacial score (nSPS) is 15.8. The molecule has 0 saturated carbocycles. The number of carbonyl (C=O) groups excluding carboxylic acids is 1. The maximum Gasteiger partial charge on any atom is 0.233 e. The van der Waals surface area contributed by atoms with Gasteiger partial charge < -0.3 is 19.9 Å². The van der Waals surface area contributed by atoms with Gasteiger partial charge in [0.05, 0.1) is 25.5 Å². The van der Waals surface area contributed by atoms with Crippen LogP contribution < -0.4 is 5.73 Å². The van der Waals surface area contributed by atoms with Crippen molar-refractivity contribution in [2.45, 2.75) is 25.2 Å². The topological polar surface area (TPSA) is 86.3 Å². The largest absolute Gasteiger partial charge is 0.378 e. The third kappa shape index (κ3) is 3.46. The maximum atomic E-state index is 12.0. The molecule has 1 aromatic heterocycles. The van der Waals surface area contributed by atoms with Gasteiger partial charge in [0.2, 0.25) is 5.91 Å². The molecule has 2 rings (SSSR count). The molecule has 7 nitrogen and oxygen atoms in total. The molecule has 1 aliphatic heterocycles. The Balaban J connectivity index is 1.91. The van der Waals surface area contributed by atoms with Crippen molar-refractivity contribution >= 4 is 17.7 Å². The fourth-order valence-corrected chi connectivity index (χ4v) is 2.85. The molecule has 2 heterocycles. The summed E-state index contributed by atoms with van der Waals surface area (Å²) in [6.45, 7) is 5.72. The smallest absolute Gasteiger partial charge is 0.233 e. The van der Waals surface area contributed by atoms with Crippen molar-refractivity contribution < 1.29 is 9.53 Å². The van der Waals surface area contributed by atoms with Crippen LogP contribution in [-0.4, -0.2) is 57.6 Å². The summed E-state index contributed by atoms with van der Waals surface area (Å²) in [4.78, 5) is 13.8. The molecule has 0 aromatic carbocycles. The summed E-state index contributed by atoms with van der Waals surface area (Å²) < 4.78 is 7.17. The Morgan fingerprint density at radius 3 is 2.79 bits per heavy atom. The lowest BCUT2D eigenvalue weighted by Gasteiger charge is -2.26. The molecule has 0 aliphatic carbocycles. The van der Waals surface area contributed by atoms with E-state index >= 15 is 0 Å². The zero-order chi connectivity index (χ0) is 13.7. The van der Waals surface area contributed by atoms with Gasteiger partial charge in [0.15, 0.2) is 5.16 Å². The monoisotopic (exact) mass is 285 g/mol. The number of hydrogen-bond donors (Lipinski definition) is 1. The van der Waals surface area contributed by atoms with Gasteiger partial charge in [0.1, 0.15) is 5.82 Å². The van der Waals surface area contributed by atoms with Gasteiger partial charge in [-0.25, -0.2) is 0 Å². The van der Waals surface area contributed by atoms with Crippen LogP contribution in [0, 0.1) is 0 Å². The van der Waals surface area contributed by atoms with Crippen molar-refractivity contribution in [3.8, 4) is 0 Å². The molecule has 2 N–H and O–H groups in total. The molecule has 8 heteroatoms. The van der Waals surface area contributed by atoms with Crippen LogP contribution in [0.1, 0.15) is 12.7 Å². The average molecular weight is 285 g/mol. The summed E-state index contributed by atoms with van der Waals surface area (Å²) >= 11 is 1.41. The highest BCUT2D eigenvalue weighted by molar-refractivity contribution is 7.99. The summed E-state index contributed by atoms with van der Waals surface area (Å²) in [5, 5.41) is 8.85. The van der Waals surface area contributed by atoms with E-state index in [2.05, 4.69) is 10.2 Å². The van der Waals surface area contributed by atoms with E-state index < -0.39 is 0 Å². The summed E-state index contributed by atoms with van der Waals surface area (Å²) in [5.74, 6) is 1.25. The van der Waals surface area contributed by atoms with Gasteiger partial charge >= 0.3 is 0 Å². The highest BCUT2D eigenvalue weighted by Crippen LogP contribution is 2.17. The fourth-order valence-electron chi connectivity index (χ4n) is 1.92. The first kappa shape index (κ1) is 14.3. The second kappa shape index (κ2) is 6.88. The fraction of sp³-hybridized carbons (Fsp3) is 0.727. The van der Waals surface area contributed by atoms with E-state index in [9.17, 15) is 4.79 Å². The predicted octanol–water partition coefficient (Wildman–Crippen LogP) is -0.292. The van der Waals surface area contributed by atoms with E-state index in [1.54, 1.807) is 0 Å². The minimum Gasteiger partial charge on any atom is -0.378 e. The summed E-state index contributed by atoms with van der Waals surface area (Å²) in [6, 6.07) is 0. The van der Waals surface area contributed by atoms with Crippen LogP contribution >= 0.6 is 11.8 Å². The van der Waals surface area contributed by atoms with Crippen molar-refractivity contribution in [1.29, 1.82) is 0 Å². The molecule has 1 aliphatic rings. The van der Waals surface area contributed by atoms with Crippen LogP contribution in [0.5, 0.6) is 0 Å². The number of morpholine rings is 1. The van der Waals surface area contributed by atoms with Crippen molar-refractivity contribution in [3.05, 3.63) is 5.82 Å². The Labute approximate surface area is 116 Å². The molecule has 1 saturated heterocycles. The van der Waals surface area contributed by atoms with Crippen LogP contribution in [0.25, 0.3) is 0 Å². The molecular weight excluding hydrogens is 266 g/mol. The van der Waals surface area contributed by atoms with E-state index in [0.29, 0.717) is 38.6 Å². The molecule has 1 amide bonds. The summed E-state index contributed by atoms with van der Waals surface area (Å²) in [7, 11) is 0. The van der Waals surface area contributed by atoms with Crippen molar-refractivity contribution in [1.82, 2.24) is 19.7 Å². The Morgan fingerprint density at radius 2 is 2.16 bits per heavy atom. The standard InChI is InChI=1S/C11H19N5O2S/c1-2-16-9(7-12)13-14-11(16)19-8-10(17)15-3-5-18-6-4-15/h2-8,12H2,1H3. The van der Waals surface area contributed by atoms with Gasteiger partial charge in [-0.15, -0.1) is 10.2 Å². The highest BCUT2D eigenvalue weighted by Gasteiger charge is 2.18. The Kier molecular flexibility index (Phi) is 5.17. The SMILES string of the molecule is CCn1c(CN)nnc1SCC(=O)N1CCOCC1. The van der Waals surface area contributed by atoms with Gasteiger partial charge in [-0.2, -0.15) is 0 Å². The number of aromatic nitrogens is 3. The first-order chi connectivity index (χ1) is 9.26. The minimum atomic E-state index is 0.119. The molecule has 1 fully saturated rings. The number of nitrogens with zero attached hydrogens (tertiary/aromatic N) is 4. The van der Waals surface area contributed by atoms with E-state index in [4.69, 9.17) is 10.5 Å². The molecule has 106 valence electrons. The molecule has 0 bridgehead atoms. The van der Waals surface area contributed by atoms with Gasteiger partial charge in [-0.3, -0.25) is 4.79 Å². The number of hydrogen-bond acceptors (Lipinski definition) is 6. The summed E-state index contributed by atoms with van der Waals surface area (Å²) in [5.41, 5.74) is 5.59. The zero-order valence-corrected chi connectivity index (χ0v) is 11.9. The Hall–Kier alpha value is -1.12. The van der Waals surface area contributed by atoms with Crippen LogP contribution in [0.3, 0.4) is 0 Å². The molecule has 0 spiro atoms. The van der Waals surface area contributed by atoms with Crippen molar-refractivity contribution in [3.63, 3.8) is 0 Å². The number of carbonyl (C=O) groups is 1. The second-order valence-corrected chi connectivity index (χ2v) is 5.07. The first-order valence-electron chi connectivity index (χ1n) is 6.36. The maximum absolute atomic E-state index is 12.0. The zero-order valence-electron chi connectivity index (χ0n) is 11.0. The number of thioether (sulfide) groups is 1. The molecular formula is C11H19N5O2S. The average Bonchev–Trinajstić information content (AvgIpc) is 2.87. The minimum absolute atomic E-state index is 0.119. The lowest BCUT2D eigenvalue weighted by atomic mass is 10.4. The number of rotatable bonds is 5. The van der Waals surface area contributed by atoms with Gasteiger partial charge in [-0.05, 0) is 6.92 Å². The Bertz CT molecular complexity index is 431. The summed E-state index contributed by atoms with van der Waals surface area (Å²) in [6.07, 6.45) is 0. The lowest BCUT2D eigenvalue weighted by molar-refractivity contribution is -0.132. The third-order valence-corrected chi connectivity index (χ3v) is 3.93. The number of ether oxygens (including phenoxy) is 1. The van der Waals surface area contributed by atoms with Crippen LogP contribution in [0.15, 0.2) is 5.16 Å². The second-order valence-electron chi connectivity index (χ2n) is 4.13. The van der Waals surface area contributed by atoms with Gasteiger partial charge in [-0.1, -0.05) is 11.8 Å². The number of nitrogens with two attached hydrogens (primary N) is 1. The van der Waals surface area contributed by atoms with Crippen molar-refractivity contribution in [2.24, 2.45) is 5.73 Å². The lowest BCUT2D eigenvalue weighted by Crippen LogP contribution is -2.41. The molecule has 0 radical (unpaired) electrons. The molecule has 0 atom stereocenters. The van der Waals surface area contributed by atoms with E-state index in [-0.39, 0.29) is 5.91 Å². The Morgan fingerprint density at radius 1 is 1.42 bits per heavy atom. The van der Waals surface area contributed by atoms with E-state index in [1.807, 2.05) is 16.4 Å². The van der Waals surface area contributed by atoms with Crippen LogP contribution in [0.2, 0.25) is 0 Å². The van der Waals surface area contributed by atoms with Crippen LogP contribution in [-0.2, 0) is 22.6 Å². The first-order valence-corrected chi connectivity index (χ1v) is 7.35. The van der Waals surface area contributed by atoms with Gasteiger partial charge in [0, 0.05) is 19.6 Å². The number of amides is 1. The molecule has 0 unspecified atom stereocenters. The predicted molar refractivity (Wildman–Crippen MR) is 71.7 cm³/mol.